The van der Waals surface area contributed by atoms with Crippen LogP contribution in [0.2, 0.25) is 10.3 Å². The Kier molecular flexibility index (Phi) is 4.04. The van der Waals surface area contributed by atoms with E-state index >= 15 is 0 Å². The summed E-state index contributed by atoms with van der Waals surface area (Å²) in [7, 11) is 1.61. The van der Waals surface area contributed by atoms with Gasteiger partial charge in [-0.25, -0.2) is 9.97 Å². The Labute approximate surface area is 116 Å². The van der Waals surface area contributed by atoms with Crippen molar-refractivity contribution < 1.29 is 4.74 Å². The molecule has 1 heterocycles. The van der Waals surface area contributed by atoms with Gasteiger partial charge in [-0.1, -0.05) is 42.3 Å². The quantitative estimate of drug-likeness (QED) is 0.798. The fourth-order valence-electron chi connectivity index (χ4n) is 1.61. The third-order valence-electron chi connectivity index (χ3n) is 2.59. The van der Waals surface area contributed by atoms with E-state index in [1.165, 1.54) is 0 Å². The van der Waals surface area contributed by atoms with Gasteiger partial charge >= 0.3 is 0 Å². The molecule has 0 aliphatic carbocycles. The van der Waals surface area contributed by atoms with E-state index in [0.29, 0.717) is 22.6 Å². The topological polar surface area (TPSA) is 35.0 Å². The van der Waals surface area contributed by atoms with Crippen LogP contribution in [-0.4, -0.2) is 17.1 Å². The van der Waals surface area contributed by atoms with Crippen LogP contribution in [0.3, 0.4) is 0 Å². The summed E-state index contributed by atoms with van der Waals surface area (Å²) in [6.45, 7) is 1.96. The van der Waals surface area contributed by atoms with Gasteiger partial charge < -0.3 is 4.74 Å². The molecule has 0 bridgehead atoms. The van der Waals surface area contributed by atoms with Crippen molar-refractivity contribution in [2.45, 2.75) is 13.3 Å². The van der Waals surface area contributed by atoms with E-state index in [1.807, 2.05) is 31.2 Å². The van der Waals surface area contributed by atoms with Gasteiger partial charge in [-0.15, -0.1) is 0 Å². The van der Waals surface area contributed by atoms with Crippen molar-refractivity contribution in [2.75, 3.05) is 7.11 Å². The highest BCUT2D eigenvalue weighted by molar-refractivity contribution is 6.34. The lowest BCUT2D eigenvalue weighted by Crippen LogP contribution is -1.96. The third kappa shape index (κ3) is 2.57. The van der Waals surface area contributed by atoms with E-state index in [9.17, 15) is 0 Å². The summed E-state index contributed by atoms with van der Waals surface area (Å²) in [6.07, 6.45) is 0.704. The largest absolute Gasteiger partial charge is 0.497 e. The minimum Gasteiger partial charge on any atom is -0.497 e. The molecule has 3 nitrogen and oxygen atoms in total. The Morgan fingerprint density at radius 3 is 2.39 bits per heavy atom. The van der Waals surface area contributed by atoms with E-state index in [2.05, 4.69) is 9.97 Å². The fraction of sp³-hybridized carbons (Fsp3) is 0.231. The number of halogens is 2. The van der Waals surface area contributed by atoms with Crippen LogP contribution in [0.4, 0.5) is 0 Å². The maximum Gasteiger partial charge on any atom is 0.162 e. The predicted octanol–water partition coefficient (Wildman–Crippen LogP) is 4.02. The van der Waals surface area contributed by atoms with Crippen molar-refractivity contribution in [3.63, 3.8) is 0 Å². The molecule has 0 atom stereocenters. The molecule has 0 aliphatic rings. The molecule has 0 fully saturated rings. The molecule has 94 valence electrons. The Hall–Kier alpha value is -1.32. The normalized spacial score (nSPS) is 10.4. The van der Waals surface area contributed by atoms with E-state index in [4.69, 9.17) is 27.9 Å². The highest BCUT2D eigenvalue weighted by Gasteiger charge is 2.11. The maximum absolute atomic E-state index is 6.09. The monoisotopic (exact) mass is 282 g/mol. The third-order valence-corrected chi connectivity index (χ3v) is 3.21. The second-order valence-corrected chi connectivity index (χ2v) is 4.41. The first-order valence-electron chi connectivity index (χ1n) is 5.52. The zero-order chi connectivity index (χ0) is 13.1. The number of aromatic nitrogens is 2. The SMILES string of the molecule is CCc1c(Cl)nc(-c2cccc(OC)c2)nc1Cl. The summed E-state index contributed by atoms with van der Waals surface area (Å²) in [5.41, 5.74) is 1.59. The van der Waals surface area contributed by atoms with Crippen LogP contribution in [0.15, 0.2) is 24.3 Å². The van der Waals surface area contributed by atoms with Gasteiger partial charge in [0.15, 0.2) is 5.82 Å². The van der Waals surface area contributed by atoms with Crippen molar-refractivity contribution in [1.82, 2.24) is 9.97 Å². The fourth-order valence-corrected chi connectivity index (χ4v) is 2.27. The molecule has 2 aromatic rings. The van der Waals surface area contributed by atoms with Crippen LogP contribution < -0.4 is 4.74 Å². The molecule has 1 aromatic heterocycles. The maximum atomic E-state index is 6.09. The molecule has 2 rings (SSSR count). The van der Waals surface area contributed by atoms with Gasteiger partial charge in [-0.2, -0.15) is 0 Å². The highest BCUT2D eigenvalue weighted by atomic mass is 35.5. The minimum atomic E-state index is 0.398. The molecule has 0 aliphatic heterocycles. The van der Waals surface area contributed by atoms with E-state index < -0.39 is 0 Å². The van der Waals surface area contributed by atoms with E-state index in [-0.39, 0.29) is 0 Å². The number of hydrogen-bond donors (Lipinski definition) is 0. The van der Waals surface area contributed by atoms with Gasteiger partial charge in [0.2, 0.25) is 0 Å². The number of benzene rings is 1. The zero-order valence-electron chi connectivity index (χ0n) is 10.1. The molecule has 0 radical (unpaired) electrons. The van der Waals surface area contributed by atoms with Crippen LogP contribution in [0.1, 0.15) is 12.5 Å². The van der Waals surface area contributed by atoms with Crippen LogP contribution >= 0.6 is 23.2 Å². The molecular formula is C13H12Cl2N2O. The van der Waals surface area contributed by atoms with Gasteiger partial charge in [-0.05, 0) is 18.6 Å². The summed E-state index contributed by atoms with van der Waals surface area (Å²) in [4.78, 5) is 8.53. The Morgan fingerprint density at radius 2 is 1.83 bits per heavy atom. The van der Waals surface area contributed by atoms with E-state index in [1.54, 1.807) is 7.11 Å². The second-order valence-electron chi connectivity index (χ2n) is 3.69. The van der Waals surface area contributed by atoms with Gasteiger partial charge in [0.1, 0.15) is 16.1 Å². The molecule has 5 heteroatoms. The minimum absolute atomic E-state index is 0.398. The summed E-state index contributed by atoms with van der Waals surface area (Å²) < 4.78 is 5.16. The van der Waals surface area contributed by atoms with Gasteiger partial charge in [0, 0.05) is 11.1 Å². The summed E-state index contributed by atoms with van der Waals surface area (Å²) in [5.74, 6) is 1.24. The van der Waals surface area contributed by atoms with Gasteiger partial charge in [0.05, 0.1) is 7.11 Å². The molecule has 1 aromatic carbocycles. The van der Waals surface area contributed by atoms with Crippen molar-refractivity contribution in [3.05, 3.63) is 40.1 Å². The smallest absolute Gasteiger partial charge is 0.162 e. The molecule has 0 amide bonds. The number of hydrogen-bond acceptors (Lipinski definition) is 3. The zero-order valence-corrected chi connectivity index (χ0v) is 11.6. The second kappa shape index (κ2) is 5.55. The van der Waals surface area contributed by atoms with Crippen LogP contribution in [0.5, 0.6) is 5.75 Å². The molecule has 0 unspecified atom stereocenters. The lowest BCUT2D eigenvalue weighted by molar-refractivity contribution is 0.415. The number of methoxy groups -OCH3 is 1. The number of rotatable bonds is 3. The van der Waals surface area contributed by atoms with Crippen molar-refractivity contribution in [3.8, 4) is 17.1 Å². The van der Waals surface area contributed by atoms with Crippen LogP contribution in [0.25, 0.3) is 11.4 Å². The summed E-state index contributed by atoms with van der Waals surface area (Å²) in [5, 5.41) is 0.797. The Morgan fingerprint density at radius 1 is 1.17 bits per heavy atom. The van der Waals surface area contributed by atoms with Crippen molar-refractivity contribution >= 4 is 23.2 Å². The van der Waals surface area contributed by atoms with Gasteiger partial charge in [0.25, 0.3) is 0 Å². The van der Waals surface area contributed by atoms with Gasteiger partial charge in [-0.3, -0.25) is 0 Å². The Balaban J connectivity index is 2.51. The first-order chi connectivity index (χ1) is 8.65. The summed E-state index contributed by atoms with van der Waals surface area (Å²) >= 11 is 12.2. The highest BCUT2D eigenvalue weighted by Crippen LogP contribution is 2.27. The van der Waals surface area contributed by atoms with Crippen LogP contribution in [-0.2, 0) is 6.42 Å². The first kappa shape index (κ1) is 13.1. The standard InChI is InChI=1S/C13H12Cl2N2O/c1-3-10-11(14)16-13(17-12(10)15)8-5-4-6-9(7-8)18-2/h4-7H,3H2,1-2H3. The van der Waals surface area contributed by atoms with E-state index in [0.717, 1.165) is 16.9 Å². The predicted molar refractivity (Wildman–Crippen MR) is 73.4 cm³/mol. The molecule has 0 N–H and O–H groups in total. The lowest BCUT2D eigenvalue weighted by atomic mass is 10.2. The number of ether oxygens (including phenoxy) is 1. The number of nitrogens with zero attached hydrogens (tertiary/aromatic N) is 2. The lowest BCUT2D eigenvalue weighted by Gasteiger charge is -2.07. The Bertz CT molecular complexity index is 550. The first-order valence-corrected chi connectivity index (χ1v) is 6.27. The molecular weight excluding hydrogens is 271 g/mol. The van der Waals surface area contributed by atoms with Crippen LogP contribution in [0, 0.1) is 0 Å². The average molecular weight is 283 g/mol. The summed E-state index contributed by atoms with van der Waals surface area (Å²) in [6, 6.07) is 7.45. The molecule has 0 saturated heterocycles. The van der Waals surface area contributed by atoms with Crippen molar-refractivity contribution in [2.24, 2.45) is 0 Å². The molecule has 0 saturated carbocycles. The average Bonchev–Trinajstić information content (AvgIpc) is 2.38. The molecule has 0 spiro atoms. The van der Waals surface area contributed by atoms with Crippen molar-refractivity contribution in [1.29, 1.82) is 0 Å². The molecule has 18 heavy (non-hydrogen) atoms.